The molecule has 29 heavy (non-hydrogen) atoms. The van der Waals surface area contributed by atoms with Gasteiger partial charge in [0.1, 0.15) is 12.4 Å². The molecular weight excluding hydrogens is 401 g/mol. The standard InChI is InChI=1S/C22H21F3O3S/c1-15-4-2-3-13-21(15,17-7-9-18(10-8-17)22(23,24)25)20(26)27-14-16-5-11-19(28-29)12-6-16/h2,4-12,15,29H,3,13-14H2,1H3/t15?,21-/m0/s1. The SMILES string of the molecule is CC1C=CCC[C@@]1(C(=O)OCc1ccc(OS)cc1)c1ccc(C(F)(F)F)cc1. The number of carbonyl (C=O) groups excluding carboxylic acids is 1. The molecule has 0 radical (unpaired) electrons. The van der Waals surface area contributed by atoms with Gasteiger partial charge in [0.2, 0.25) is 0 Å². The second-order valence-electron chi connectivity index (χ2n) is 7.11. The van der Waals surface area contributed by atoms with E-state index in [0.717, 1.165) is 17.7 Å². The highest BCUT2D eigenvalue weighted by molar-refractivity contribution is 7.75. The molecule has 0 bridgehead atoms. The second-order valence-corrected chi connectivity index (χ2v) is 7.30. The van der Waals surface area contributed by atoms with Gasteiger partial charge in [-0.2, -0.15) is 13.2 Å². The lowest BCUT2D eigenvalue weighted by molar-refractivity contribution is -0.154. The van der Waals surface area contributed by atoms with Gasteiger partial charge in [-0.25, -0.2) is 0 Å². The van der Waals surface area contributed by atoms with E-state index in [1.165, 1.54) is 12.1 Å². The second kappa shape index (κ2) is 8.53. The van der Waals surface area contributed by atoms with Gasteiger partial charge in [0, 0.05) is 12.9 Å². The number of hydrogen-bond donors (Lipinski definition) is 1. The van der Waals surface area contributed by atoms with Crippen molar-refractivity contribution < 1.29 is 26.9 Å². The number of ether oxygens (including phenoxy) is 1. The molecule has 0 N–H and O–H groups in total. The molecule has 0 amide bonds. The van der Waals surface area contributed by atoms with E-state index in [0.29, 0.717) is 24.2 Å². The predicted molar refractivity (Wildman–Crippen MR) is 107 cm³/mol. The summed E-state index contributed by atoms with van der Waals surface area (Å²) in [5.74, 6) is -0.0836. The Morgan fingerprint density at radius 2 is 1.79 bits per heavy atom. The van der Waals surface area contributed by atoms with Crippen LogP contribution >= 0.6 is 12.9 Å². The van der Waals surface area contributed by atoms with Crippen molar-refractivity contribution in [1.82, 2.24) is 0 Å². The van der Waals surface area contributed by atoms with Gasteiger partial charge in [0.25, 0.3) is 0 Å². The number of esters is 1. The van der Waals surface area contributed by atoms with Crippen LogP contribution in [0.1, 0.15) is 36.5 Å². The summed E-state index contributed by atoms with van der Waals surface area (Å²) in [4.78, 5) is 13.2. The third kappa shape index (κ3) is 4.45. The number of halogens is 3. The maximum atomic E-state index is 13.2. The fourth-order valence-electron chi connectivity index (χ4n) is 3.70. The molecule has 0 aromatic heterocycles. The summed E-state index contributed by atoms with van der Waals surface area (Å²) in [5.41, 5.74) is -0.456. The lowest BCUT2D eigenvalue weighted by Crippen LogP contribution is -2.44. The molecule has 0 aliphatic heterocycles. The van der Waals surface area contributed by atoms with Crippen LogP contribution in [0.15, 0.2) is 60.7 Å². The van der Waals surface area contributed by atoms with Gasteiger partial charge in [-0.15, -0.1) is 0 Å². The summed E-state index contributed by atoms with van der Waals surface area (Å²) in [6.07, 6.45) is 0.598. The number of allylic oxidation sites excluding steroid dienone is 2. The quantitative estimate of drug-likeness (QED) is 0.282. The van der Waals surface area contributed by atoms with Crippen LogP contribution in [0.2, 0.25) is 0 Å². The van der Waals surface area contributed by atoms with Crippen LogP contribution in [0.4, 0.5) is 13.2 Å². The summed E-state index contributed by atoms with van der Waals surface area (Å²) in [6, 6.07) is 11.7. The zero-order valence-corrected chi connectivity index (χ0v) is 16.7. The molecule has 0 spiro atoms. The first kappa shape index (κ1) is 21.3. The molecular formula is C22H21F3O3S. The Labute approximate surface area is 173 Å². The fraction of sp³-hybridized carbons (Fsp3) is 0.318. The number of alkyl halides is 3. The van der Waals surface area contributed by atoms with E-state index in [1.807, 2.05) is 19.1 Å². The Bertz CT molecular complexity index is 876. The molecule has 2 aromatic rings. The molecule has 1 aliphatic carbocycles. The van der Waals surface area contributed by atoms with Crippen LogP contribution in [0.5, 0.6) is 5.75 Å². The number of rotatable bonds is 5. The largest absolute Gasteiger partial charge is 0.460 e. The Morgan fingerprint density at radius 3 is 2.34 bits per heavy atom. The fourth-order valence-corrected chi connectivity index (χ4v) is 3.82. The predicted octanol–water partition coefficient (Wildman–Crippen LogP) is 5.90. The van der Waals surface area contributed by atoms with Gasteiger partial charge >= 0.3 is 12.1 Å². The number of thiol groups is 1. The van der Waals surface area contributed by atoms with Crippen LogP contribution in [0.25, 0.3) is 0 Å². The van der Waals surface area contributed by atoms with Crippen molar-refractivity contribution in [3.8, 4) is 5.75 Å². The van der Waals surface area contributed by atoms with Crippen LogP contribution in [-0.2, 0) is 27.7 Å². The first-order valence-electron chi connectivity index (χ1n) is 9.19. The molecule has 3 nitrogen and oxygen atoms in total. The van der Waals surface area contributed by atoms with Crippen LogP contribution in [0.3, 0.4) is 0 Å². The molecule has 154 valence electrons. The minimum absolute atomic E-state index is 0.0600. The van der Waals surface area contributed by atoms with Crippen LogP contribution in [-0.4, -0.2) is 5.97 Å². The third-order valence-electron chi connectivity index (χ3n) is 5.40. The molecule has 1 aliphatic rings. The molecule has 7 heteroatoms. The van der Waals surface area contributed by atoms with E-state index in [9.17, 15) is 18.0 Å². The van der Waals surface area contributed by atoms with Crippen LogP contribution < -0.4 is 4.18 Å². The minimum Gasteiger partial charge on any atom is -0.460 e. The monoisotopic (exact) mass is 422 g/mol. The van der Waals surface area contributed by atoms with Gasteiger partial charge in [-0.3, -0.25) is 4.79 Å². The molecule has 0 saturated carbocycles. The Balaban J connectivity index is 1.86. The van der Waals surface area contributed by atoms with Gasteiger partial charge in [0.05, 0.1) is 11.0 Å². The molecule has 3 rings (SSSR count). The molecule has 2 aromatic carbocycles. The third-order valence-corrected chi connectivity index (χ3v) is 5.61. The smallest absolute Gasteiger partial charge is 0.416 e. The van der Waals surface area contributed by atoms with Crippen molar-refractivity contribution in [2.75, 3.05) is 0 Å². The molecule has 2 atom stereocenters. The number of hydrogen-bond acceptors (Lipinski definition) is 4. The maximum Gasteiger partial charge on any atom is 0.416 e. The van der Waals surface area contributed by atoms with Crippen molar-refractivity contribution in [2.24, 2.45) is 5.92 Å². The van der Waals surface area contributed by atoms with E-state index in [1.54, 1.807) is 24.3 Å². The molecule has 0 saturated heterocycles. The van der Waals surface area contributed by atoms with Crippen molar-refractivity contribution >= 4 is 18.9 Å². The average Bonchev–Trinajstić information content (AvgIpc) is 2.72. The van der Waals surface area contributed by atoms with Crippen LogP contribution in [0, 0.1) is 5.92 Å². The summed E-state index contributed by atoms with van der Waals surface area (Å²) >= 11 is 3.72. The highest BCUT2D eigenvalue weighted by Crippen LogP contribution is 2.43. The van der Waals surface area contributed by atoms with Crippen molar-refractivity contribution in [3.63, 3.8) is 0 Å². The maximum absolute atomic E-state index is 13.2. The molecule has 0 heterocycles. The van der Waals surface area contributed by atoms with Gasteiger partial charge in [-0.05, 0) is 54.2 Å². The molecule has 0 fully saturated rings. The van der Waals surface area contributed by atoms with E-state index >= 15 is 0 Å². The van der Waals surface area contributed by atoms with Crippen molar-refractivity contribution in [2.45, 2.75) is 38.0 Å². The summed E-state index contributed by atoms with van der Waals surface area (Å²) < 4.78 is 49.2. The summed E-state index contributed by atoms with van der Waals surface area (Å²) in [5, 5.41) is 0. The highest BCUT2D eigenvalue weighted by atomic mass is 32.1. The average molecular weight is 422 g/mol. The van der Waals surface area contributed by atoms with Crippen molar-refractivity contribution in [3.05, 3.63) is 77.4 Å². The Kier molecular flexibility index (Phi) is 6.27. The first-order valence-corrected chi connectivity index (χ1v) is 9.56. The normalized spacial score (nSPS) is 21.6. The minimum atomic E-state index is -4.42. The Morgan fingerprint density at radius 1 is 1.14 bits per heavy atom. The van der Waals surface area contributed by atoms with Crippen molar-refractivity contribution in [1.29, 1.82) is 0 Å². The first-order chi connectivity index (χ1) is 13.8. The highest BCUT2D eigenvalue weighted by Gasteiger charge is 2.46. The van der Waals surface area contributed by atoms with Gasteiger partial charge < -0.3 is 8.92 Å². The zero-order valence-electron chi connectivity index (χ0n) is 15.8. The zero-order chi connectivity index (χ0) is 21.1. The number of benzene rings is 2. The number of carbonyl (C=O) groups is 1. The van der Waals surface area contributed by atoms with Gasteiger partial charge in [-0.1, -0.05) is 43.3 Å². The topological polar surface area (TPSA) is 35.5 Å². The van der Waals surface area contributed by atoms with E-state index in [4.69, 9.17) is 8.92 Å². The van der Waals surface area contributed by atoms with E-state index in [-0.39, 0.29) is 12.5 Å². The van der Waals surface area contributed by atoms with Gasteiger partial charge in [0.15, 0.2) is 0 Å². The molecule has 1 unspecified atom stereocenters. The Hall–Kier alpha value is -2.41. The lowest BCUT2D eigenvalue weighted by atomic mass is 9.65. The summed E-state index contributed by atoms with van der Waals surface area (Å²) in [7, 11) is 0. The summed E-state index contributed by atoms with van der Waals surface area (Å²) in [6.45, 7) is 1.94. The lowest BCUT2D eigenvalue weighted by Gasteiger charge is -2.38. The van der Waals surface area contributed by atoms with E-state index in [2.05, 4.69) is 12.9 Å². The van der Waals surface area contributed by atoms with E-state index < -0.39 is 23.1 Å².